The van der Waals surface area contributed by atoms with Crippen molar-refractivity contribution in [2.24, 2.45) is 0 Å². The molecule has 1 fully saturated rings. The monoisotopic (exact) mass is 127 g/mol. The number of carbonyl (C=O) groups excluding carboxylic acids is 2. The molecule has 9 heavy (non-hydrogen) atoms. The normalized spacial score (nSPS) is 29.0. The number of carbonyl (C=O) groups is 2. The van der Waals surface area contributed by atoms with Gasteiger partial charge < -0.3 is 4.79 Å². The van der Waals surface area contributed by atoms with Gasteiger partial charge in [-0.1, -0.05) is 0 Å². The highest BCUT2D eigenvalue weighted by atomic mass is 16.1. The Morgan fingerprint density at radius 1 is 1.78 bits per heavy atom. The number of hydrogen-bond donors (Lipinski definition) is 0. The third kappa shape index (κ3) is 1.16. The van der Waals surface area contributed by atoms with Crippen molar-refractivity contribution in [3.8, 4) is 0 Å². The lowest BCUT2D eigenvalue weighted by molar-refractivity contribution is -0.117. The molecule has 0 saturated carbocycles. The zero-order valence-corrected chi connectivity index (χ0v) is 5.33. The molecule has 1 rings (SSSR count). The smallest absolute Gasteiger partial charge is 0.148 e. The average Bonchev–Trinajstić information content (AvgIpc) is 2.10. The van der Waals surface area contributed by atoms with E-state index in [1.54, 1.807) is 11.9 Å². The molecule has 3 heteroatoms. The van der Waals surface area contributed by atoms with Crippen LogP contribution in [0, 0.1) is 0 Å². The molecule has 50 valence electrons. The van der Waals surface area contributed by atoms with Crippen LogP contribution in [0.5, 0.6) is 0 Å². The standard InChI is InChI=1S/C6H9NO2/c1-7-3-6(9)2-5(7)4-8/h4-5H,2-3H2,1H3/t5-/m0/s1. The zero-order chi connectivity index (χ0) is 6.85. The number of rotatable bonds is 1. The molecule has 0 amide bonds. The minimum atomic E-state index is -0.155. The first-order valence-corrected chi connectivity index (χ1v) is 2.91. The highest BCUT2D eigenvalue weighted by molar-refractivity contribution is 5.87. The van der Waals surface area contributed by atoms with Crippen molar-refractivity contribution in [2.75, 3.05) is 13.6 Å². The van der Waals surface area contributed by atoms with Gasteiger partial charge in [0.25, 0.3) is 0 Å². The van der Waals surface area contributed by atoms with Crippen LogP contribution in [0.4, 0.5) is 0 Å². The summed E-state index contributed by atoms with van der Waals surface area (Å²) in [5.74, 6) is 0.162. The summed E-state index contributed by atoms with van der Waals surface area (Å²) in [4.78, 5) is 22.6. The van der Waals surface area contributed by atoms with Gasteiger partial charge in [0.2, 0.25) is 0 Å². The summed E-state index contributed by atoms with van der Waals surface area (Å²) in [6.07, 6.45) is 1.23. The fourth-order valence-electron chi connectivity index (χ4n) is 1.00. The van der Waals surface area contributed by atoms with Crippen LogP contribution in [0.25, 0.3) is 0 Å². The lowest BCUT2D eigenvalue weighted by atomic mass is 10.2. The van der Waals surface area contributed by atoms with Crippen LogP contribution in [0.1, 0.15) is 6.42 Å². The Labute approximate surface area is 53.6 Å². The highest BCUT2D eigenvalue weighted by Crippen LogP contribution is 2.08. The third-order valence-corrected chi connectivity index (χ3v) is 1.59. The molecule has 0 radical (unpaired) electrons. The van der Waals surface area contributed by atoms with Crippen LogP contribution in [0.15, 0.2) is 0 Å². The molecule has 0 aromatic rings. The van der Waals surface area contributed by atoms with Crippen molar-refractivity contribution in [3.63, 3.8) is 0 Å². The first kappa shape index (κ1) is 6.42. The summed E-state index contributed by atoms with van der Waals surface area (Å²) in [6.45, 7) is 0.434. The minimum Gasteiger partial charge on any atom is -0.302 e. The number of likely N-dealkylation sites (tertiary alicyclic amines) is 1. The van der Waals surface area contributed by atoms with E-state index < -0.39 is 0 Å². The van der Waals surface area contributed by atoms with Crippen molar-refractivity contribution >= 4 is 12.1 Å². The Morgan fingerprint density at radius 2 is 2.44 bits per heavy atom. The molecular formula is C6H9NO2. The molecule has 0 unspecified atom stereocenters. The molecule has 0 bridgehead atoms. The summed E-state index contributed by atoms with van der Waals surface area (Å²) < 4.78 is 0. The fraction of sp³-hybridized carbons (Fsp3) is 0.667. The predicted molar refractivity (Wildman–Crippen MR) is 32.1 cm³/mol. The number of Topliss-reactive ketones (excluding diaryl/α,β-unsaturated/α-hetero) is 1. The zero-order valence-electron chi connectivity index (χ0n) is 5.33. The number of nitrogens with zero attached hydrogens (tertiary/aromatic N) is 1. The van der Waals surface area contributed by atoms with Crippen LogP contribution in [0.2, 0.25) is 0 Å². The van der Waals surface area contributed by atoms with E-state index >= 15 is 0 Å². The fourth-order valence-corrected chi connectivity index (χ4v) is 1.00. The van der Waals surface area contributed by atoms with E-state index in [1.165, 1.54) is 0 Å². The number of aldehydes is 1. The molecule has 3 nitrogen and oxygen atoms in total. The molecule has 1 aliphatic rings. The lowest BCUT2D eigenvalue weighted by Gasteiger charge is -2.09. The van der Waals surface area contributed by atoms with Crippen LogP contribution >= 0.6 is 0 Å². The Hall–Kier alpha value is -0.700. The Bertz CT molecular complexity index is 144. The van der Waals surface area contributed by atoms with Gasteiger partial charge in [-0.15, -0.1) is 0 Å². The Kier molecular flexibility index (Phi) is 1.62. The van der Waals surface area contributed by atoms with Gasteiger partial charge in [-0.25, -0.2) is 0 Å². The Morgan fingerprint density at radius 3 is 2.67 bits per heavy atom. The molecular weight excluding hydrogens is 118 g/mol. The van der Waals surface area contributed by atoms with E-state index in [-0.39, 0.29) is 11.8 Å². The maximum absolute atomic E-state index is 10.6. The summed E-state index contributed by atoms with van der Waals surface area (Å²) in [7, 11) is 1.78. The second kappa shape index (κ2) is 2.27. The molecule has 0 N–H and O–H groups in total. The quantitative estimate of drug-likeness (QED) is 0.444. The van der Waals surface area contributed by atoms with Crippen molar-refractivity contribution in [2.45, 2.75) is 12.5 Å². The molecule has 1 atom stereocenters. The van der Waals surface area contributed by atoms with Crippen LogP contribution in [0.3, 0.4) is 0 Å². The maximum Gasteiger partial charge on any atom is 0.148 e. The van der Waals surface area contributed by atoms with E-state index in [0.29, 0.717) is 13.0 Å². The molecule has 1 heterocycles. The highest BCUT2D eigenvalue weighted by Gasteiger charge is 2.26. The van der Waals surface area contributed by atoms with Crippen LogP contribution in [-0.4, -0.2) is 36.6 Å². The third-order valence-electron chi connectivity index (χ3n) is 1.59. The van der Waals surface area contributed by atoms with Crippen molar-refractivity contribution in [1.29, 1.82) is 0 Å². The van der Waals surface area contributed by atoms with Crippen molar-refractivity contribution < 1.29 is 9.59 Å². The summed E-state index contributed by atoms with van der Waals surface area (Å²) in [5, 5.41) is 0. The SMILES string of the molecule is CN1CC(=O)C[C@H]1C=O. The molecule has 0 aromatic heterocycles. The number of likely N-dealkylation sites (N-methyl/N-ethyl adjacent to an activating group) is 1. The van der Waals surface area contributed by atoms with E-state index in [9.17, 15) is 9.59 Å². The van der Waals surface area contributed by atoms with E-state index in [2.05, 4.69) is 0 Å². The van der Waals surface area contributed by atoms with Crippen LogP contribution < -0.4 is 0 Å². The van der Waals surface area contributed by atoms with E-state index in [4.69, 9.17) is 0 Å². The summed E-state index contributed by atoms with van der Waals surface area (Å²) in [5.41, 5.74) is 0. The maximum atomic E-state index is 10.6. The largest absolute Gasteiger partial charge is 0.302 e. The van der Waals surface area contributed by atoms with E-state index in [1.807, 2.05) is 0 Å². The average molecular weight is 127 g/mol. The predicted octanol–water partition coefficient (Wildman–Crippen LogP) is -0.542. The second-order valence-corrected chi connectivity index (χ2v) is 2.36. The molecule has 1 saturated heterocycles. The van der Waals surface area contributed by atoms with Gasteiger partial charge in [-0.3, -0.25) is 9.69 Å². The second-order valence-electron chi connectivity index (χ2n) is 2.36. The van der Waals surface area contributed by atoms with Gasteiger partial charge in [0.05, 0.1) is 12.6 Å². The molecule has 0 aromatic carbocycles. The van der Waals surface area contributed by atoms with Crippen molar-refractivity contribution in [1.82, 2.24) is 4.90 Å². The lowest BCUT2D eigenvalue weighted by Crippen LogP contribution is -2.25. The van der Waals surface area contributed by atoms with Gasteiger partial charge in [0.1, 0.15) is 12.1 Å². The van der Waals surface area contributed by atoms with Gasteiger partial charge in [-0.05, 0) is 7.05 Å². The van der Waals surface area contributed by atoms with E-state index in [0.717, 1.165) is 6.29 Å². The first-order chi connectivity index (χ1) is 4.24. The Balaban J connectivity index is 2.57. The number of ketones is 1. The molecule has 0 spiro atoms. The van der Waals surface area contributed by atoms with Crippen molar-refractivity contribution in [3.05, 3.63) is 0 Å². The van der Waals surface area contributed by atoms with Gasteiger partial charge in [-0.2, -0.15) is 0 Å². The molecule has 0 aliphatic carbocycles. The summed E-state index contributed by atoms with van der Waals surface area (Å²) >= 11 is 0. The molecule has 1 aliphatic heterocycles. The van der Waals surface area contributed by atoms with Gasteiger partial charge in [0.15, 0.2) is 0 Å². The van der Waals surface area contributed by atoms with Gasteiger partial charge in [0, 0.05) is 6.42 Å². The van der Waals surface area contributed by atoms with Gasteiger partial charge >= 0.3 is 0 Å². The van der Waals surface area contributed by atoms with Crippen LogP contribution in [-0.2, 0) is 9.59 Å². The first-order valence-electron chi connectivity index (χ1n) is 2.91. The summed E-state index contributed by atoms with van der Waals surface area (Å²) in [6, 6.07) is -0.155. The minimum absolute atomic E-state index is 0.155. The topological polar surface area (TPSA) is 37.4 Å². The number of hydrogen-bond acceptors (Lipinski definition) is 3.